The van der Waals surface area contributed by atoms with Crippen LogP contribution in [0.3, 0.4) is 0 Å². The predicted molar refractivity (Wildman–Crippen MR) is 95.8 cm³/mol. The topological polar surface area (TPSA) is 97.7 Å². The highest BCUT2D eigenvalue weighted by Gasteiger charge is 2.17. The molecule has 0 unspecified atom stereocenters. The first-order valence-electron chi connectivity index (χ1n) is 7.51. The minimum Gasteiger partial charge on any atom is -0.506 e. The van der Waals surface area contributed by atoms with Crippen molar-refractivity contribution < 1.29 is 10.0 Å². The lowest BCUT2D eigenvalue weighted by atomic mass is 10.1. The minimum absolute atomic E-state index is 0.0766. The van der Waals surface area contributed by atoms with Crippen molar-refractivity contribution >= 4 is 28.0 Å². The van der Waals surface area contributed by atoms with Gasteiger partial charge in [0.1, 0.15) is 11.3 Å². The Balaban J connectivity index is 2.21. The molecule has 3 rings (SSSR count). The Morgan fingerprint density at radius 1 is 1.20 bits per heavy atom. The number of para-hydroxylation sites is 1. The quantitative estimate of drug-likeness (QED) is 0.450. The molecule has 0 aliphatic heterocycles. The number of benzene rings is 2. The molecule has 25 heavy (non-hydrogen) atoms. The molecule has 126 valence electrons. The third-order valence-electron chi connectivity index (χ3n) is 3.97. The van der Waals surface area contributed by atoms with Crippen LogP contribution in [0.2, 0.25) is 0 Å². The van der Waals surface area contributed by atoms with Gasteiger partial charge < -0.3 is 9.67 Å². The van der Waals surface area contributed by atoms with Gasteiger partial charge in [-0.25, -0.2) is 0 Å². The summed E-state index contributed by atoms with van der Waals surface area (Å²) in [7, 11) is 1.62. The summed E-state index contributed by atoms with van der Waals surface area (Å²) in [5.74, 6) is -0.148. The first kappa shape index (κ1) is 16.4. The number of aromatic nitrogens is 1. The van der Waals surface area contributed by atoms with Gasteiger partial charge in [0.2, 0.25) is 0 Å². The van der Waals surface area contributed by atoms with Crippen LogP contribution in [0, 0.1) is 10.1 Å². The molecule has 0 bridgehead atoms. The molecule has 0 amide bonds. The Hall–Kier alpha value is -3.48. The number of nitro benzene ring substituents is 1. The summed E-state index contributed by atoms with van der Waals surface area (Å²) in [4.78, 5) is 27.3. The zero-order valence-corrected chi connectivity index (χ0v) is 13.6. The van der Waals surface area contributed by atoms with E-state index in [4.69, 9.17) is 0 Å². The summed E-state index contributed by atoms with van der Waals surface area (Å²) in [5.41, 5.74) is 0.822. The van der Waals surface area contributed by atoms with Crippen LogP contribution in [0.1, 0.15) is 12.5 Å². The number of aliphatic imine (C=N–C) groups is 1. The first-order valence-corrected chi connectivity index (χ1v) is 7.51. The number of hydrogen-bond donors (Lipinski definition) is 1. The Morgan fingerprint density at radius 2 is 1.92 bits per heavy atom. The van der Waals surface area contributed by atoms with Crippen molar-refractivity contribution in [3.63, 3.8) is 0 Å². The molecule has 7 nitrogen and oxygen atoms in total. The van der Waals surface area contributed by atoms with E-state index in [0.717, 1.165) is 0 Å². The largest absolute Gasteiger partial charge is 0.506 e. The van der Waals surface area contributed by atoms with Crippen LogP contribution in [0.15, 0.2) is 58.3 Å². The number of nitrogens with zero attached hydrogens (tertiary/aromatic N) is 3. The van der Waals surface area contributed by atoms with E-state index in [2.05, 4.69) is 4.99 Å². The Kier molecular flexibility index (Phi) is 4.06. The number of fused-ring (bicyclic) bond motifs is 1. The summed E-state index contributed by atoms with van der Waals surface area (Å²) in [6.07, 6.45) is 0. The highest BCUT2D eigenvalue weighted by molar-refractivity contribution is 6.06. The van der Waals surface area contributed by atoms with E-state index in [-0.39, 0.29) is 28.3 Å². The average Bonchev–Trinajstić information content (AvgIpc) is 2.60. The Bertz CT molecular complexity index is 1080. The molecule has 0 spiro atoms. The number of nitro groups is 1. The fourth-order valence-corrected chi connectivity index (χ4v) is 2.73. The van der Waals surface area contributed by atoms with E-state index in [1.165, 1.54) is 22.8 Å². The lowest BCUT2D eigenvalue weighted by Gasteiger charge is -2.11. The van der Waals surface area contributed by atoms with Gasteiger partial charge in [0, 0.05) is 24.6 Å². The number of pyridine rings is 1. The average molecular weight is 337 g/mol. The van der Waals surface area contributed by atoms with E-state index in [9.17, 15) is 20.0 Å². The van der Waals surface area contributed by atoms with E-state index in [1.807, 2.05) is 0 Å². The minimum atomic E-state index is -0.513. The number of aryl methyl sites for hydroxylation is 1. The number of non-ortho nitro benzene ring substituents is 1. The van der Waals surface area contributed by atoms with Crippen LogP contribution in [0.25, 0.3) is 10.9 Å². The lowest BCUT2D eigenvalue weighted by molar-refractivity contribution is -0.384. The van der Waals surface area contributed by atoms with E-state index >= 15 is 0 Å². The normalized spacial score (nSPS) is 11.7. The molecule has 1 N–H and O–H groups in total. The molecular formula is C18H15N3O4. The summed E-state index contributed by atoms with van der Waals surface area (Å²) >= 11 is 0. The summed E-state index contributed by atoms with van der Waals surface area (Å²) < 4.78 is 1.44. The van der Waals surface area contributed by atoms with Crippen molar-refractivity contribution in [3.05, 3.63) is 74.6 Å². The van der Waals surface area contributed by atoms with Crippen LogP contribution >= 0.6 is 0 Å². The van der Waals surface area contributed by atoms with Crippen molar-refractivity contribution in [2.45, 2.75) is 6.92 Å². The number of hydrogen-bond acceptors (Lipinski definition) is 5. The van der Waals surface area contributed by atoms with Gasteiger partial charge in [-0.05, 0) is 25.1 Å². The molecule has 0 fully saturated rings. The second-order valence-corrected chi connectivity index (χ2v) is 5.58. The molecular weight excluding hydrogens is 322 g/mol. The third kappa shape index (κ3) is 2.87. The molecule has 0 saturated heterocycles. The molecule has 2 aromatic carbocycles. The van der Waals surface area contributed by atoms with Gasteiger partial charge in [-0.15, -0.1) is 0 Å². The maximum Gasteiger partial charge on any atom is 0.271 e. The van der Waals surface area contributed by atoms with E-state index in [0.29, 0.717) is 16.6 Å². The van der Waals surface area contributed by atoms with Crippen LogP contribution < -0.4 is 5.56 Å². The number of rotatable bonds is 3. The maximum absolute atomic E-state index is 12.6. The first-order chi connectivity index (χ1) is 11.9. The summed E-state index contributed by atoms with van der Waals surface area (Å²) in [6, 6.07) is 12.8. The van der Waals surface area contributed by atoms with E-state index in [1.54, 1.807) is 44.3 Å². The Labute approximate surface area is 142 Å². The van der Waals surface area contributed by atoms with E-state index < -0.39 is 4.92 Å². The summed E-state index contributed by atoms with van der Waals surface area (Å²) in [5, 5.41) is 22.0. The Morgan fingerprint density at radius 3 is 2.64 bits per heavy atom. The smallest absolute Gasteiger partial charge is 0.271 e. The zero-order valence-electron chi connectivity index (χ0n) is 13.6. The van der Waals surface area contributed by atoms with Gasteiger partial charge in [-0.1, -0.05) is 18.2 Å². The van der Waals surface area contributed by atoms with Crippen molar-refractivity contribution in [1.29, 1.82) is 0 Å². The van der Waals surface area contributed by atoms with Gasteiger partial charge >= 0.3 is 0 Å². The summed E-state index contributed by atoms with van der Waals surface area (Å²) in [6.45, 7) is 1.59. The van der Waals surface area contributed by atoms with Crippen molar-refractivity contribution in [2.24, 2.45) is 12.0 Å². The maximum atomic E-state index is 12.6. The second kappa shape index (κ2) is 6.20. The third-order valence-corrected chi connectivity index (χ3v) is 3.97. The highest BCUT2D eigenvalue weighted by Crippen LogP contribution is 2.27. The molecule has 0 atom stereocenters. The van der Waals surface area contributed by atoms with Crippen molar-refractivity contribution in [2.75, 3.05) is 0 Å². The standard InChI is InChI=1S/C18H15N3O4/c1-11(19-12-6-5-7-13(10-12)21(24)25)16-17(22)14-8-3-4-9-15(14)20(2)18(16)23/h3-10,22H,1-2H3. The van der Waals surface area contributed by atoms with Crippen LogP contribution in [0.4, 0.5) is 11.4 Å². The highest BCUT2D eigenvalue weighted by atomic mass is 16.6. The molecule has 0 radical (unpaired) electrons. The monoisotopic (exact) mass is 337 g/mol. The van der Waals surface area contributed by atoms with Gasteiger partial charge in [0.15, 0.2) is 0 Å². The van der Waals surface area contributed by atoms with Gasteiger partial charge in [-0.2, -0.15) is 0 Å². The van der Waals surface area contributed by atoms with Gasteiger partial charge in [-0.3, -0.25) is 19.9 Å². The zero-order chi connectivity index (χ0) is 18.1. The van der Waals surface area contributed by atoms with Crippen molar-refractivity contribution in [3.8, 4) is 5.75 Å². The fourth-order valence-electron chi connectivity index (χ4n) is 2.73. The molecule has 0 aliphatic carbocycles. The number of aromatic hydroxyl groups is 1. The van der Waals surface area contributed by atoms with Gasteiger partial charge in [0.05, 0.1) is 21.8 Å². The SMILES string of the molecule is CC(=Nc1cccc([N+](=O)[O-])c1)c1c(O)c2ccccc2n(C)c1=O. The van der Waals surface area contributed by atoms with Crippen LogP contribution in [0.5, 0.6) is 5.75 Å². The van der Waals surface area contributed by atoms with Crippen LogP contribution in [-0.2, 0) is 7.05 Å². The molecule has 1 aromatic heterocycles. The van der Waals surface area contributed by atoms with Crippen molar-refractivity contribution in [1.82, 2.24) is 4.57 Å². The molecule has 1 heterocycles. The predicted octanol–water partition coefficient (Wildman–Crippen LogP) is 3.29. The molecule has 0 aliphatic rings. The molecule has 3 aromatic rings. The van der Waals surface area contributed by atoms with Gasteiger partial charge in [0.25, 0.3) is 11.2 Å². The molecule has 7 heteroatoms. The molecule has 0 saturated carbocycles. The van der Waals surface area contributed by atoms with Crippen LogP contribution in [-0.4, -0.2) is 20.3 Å². The fraction of sp³-hybridized carbons (Fsp3) is 0.111. The lowest BCUT2D eigenvalue weighted by Crippen LogP contribution is -2.24. The second-order valence-electron chi connectivity index (χ2n) is 5.58.